The monoisotopic (exact) mass is 603 g/mol. The number of nitrogens with zero attached hydrogens (tertiary/aromatic N) is 1. The molecular weight excluding hydrogens is 554 g/mol. The largest absolute Gasteiger partial charge is 0.464 e. The lowest BCUT2D eigenvalue weighted by Crippen LogP contribution is -2.61. The molecule has 43 heavy (non-hydrogen) atoms. The van der Waals surface area contributed by atoms with E-state index >= 15 is 0 Å². The molecule has 5 amide bonds. The van der Waals surface area contributed by atoms with Crippen molar-refractivity contribution in [2.45, 2.75) is 110 Å². The third-order valence-electron chi connectivity index (χ3n) is 9.18. The first-order valence-corrected chi connectivity index (χ1v) is 15.8. The zero-order chi connectivity index (χ0) is 31.6. The van der Waals surface area contributed by atoms with E-state index in [1.54, 1.807) is 0 Å². The molecule has 0 bridgehead atoms. The van der Waals surface area contributed by atoms with E-state index in [-0.39, 0.29) is 23.7 Å². The standard InChI is InChI=1S/C31H49N5O7/c1-16(2)20-13-22(27(39)33-21(12-17-6-7-17)24(37)26(32)38)36(14-20)28(40)25(31(3,4)5)35-30(42)34-23(19-10-11-19)29(41)43-15-18-8-9-18/h16-23,25H,6-15H2,1-5H3,(H2,32,38)(H,33,39)(H2,34,35,42)/t20-,21?,22+,23+,25-/m1/s1. The quantitative estimate of drug-likeness (QED) is 0.172. The maximum Gasteiger partial charge on any atom is 0.328 e. The number of carbonyl (C=O) groups excluding carboxylic acids is 6. The Morgan fingerprint density at radius 1 is 0.884 bits per heavy atom. The van der Waals surface area contributed by atoms with Crippen molar-refractivity contribution in [1.82, 2.24) is 20.9 Å². The van der Waals surface area contributed by atoms with Gasteiger partial charge in [0.1, 0.15) is 18.1 Å². The molecular formula is C31H49N5O7. The third kappa shape index (κ3) is 8.92. The number of amides is 5. The Morgan fingerprint density at radius 3 is 2.02 bits per heavy atom. The molecule has 1 saturated heterocycles. The van der Waals surface area contributed by atoms with Gasteiger partial charge in [0.05, 0.1) is 12.6 Å². The maximum atomic E-state index is 14.1. The van der Waals surface area contributed by atoms with Gasteiger partial charge in [-0.1, -0.05) is 47.5 Å². The molecule has 240 valence electrons. The van der Waals surface area contributed by atoms with Crippen molar-refractivity contribution < 1.29 is 33.5 Å². The maximum absolute atomic E-state index is 14.1. The molecule has 1 unspecified atom stereocenters. The van der Waals surface area contributed by atoms with E-state index in [1.807, 2.05) is 34.6 Å². The van der Waals surface area contributed by atoms with Crippen LogP contribution in [0.1, 0.15) is 86.0 Å². The van der Waals surface area contributed by atoms with E-state index in [9.17, 15) is 28.8 Å². The van der Waals surface area contributed by atoms with Crippen molar-refractivity contribution in [3.05, 3.63) is 0 Å². The number of urea groups is 1. The van der Waals surface area contributed by atoms with Gasteiger partial charge in [-0.25, -0.2) is 9.59 Å². The first kappa shape index (κ1) is 32.7. The van der Waals surface area contributed by atoms with Crippen LogP contribution >= 0.6 is 0 Å². The Bertz CT molecular complexity index is 1110. The number of nitrogens with one attached hydrogen (secondary N) is 3. The Kier molecular flexibility index (Phi) is 10.1. The second kappa shape index (κ2) is 13.2. The van der Waals surface area contributed by atoms with Gasteiger partial charge in [-0.2, -0.15) is 0 Å². The predicted octanol–water partition coefficient (Wildman–Crippen LogP) is 1.64. The normalized spacial score (nSPS) is 24.1. The Balaban J connectivity index is 1.47. The lowest BCUT2D eigenvalue weighted by Gasteiger charge is -2.36. The summed E-state index contributed by atoms with van der Waals surface area (Å²) in [7, 11) is 0. The summed E-state index contributed by atoms with van der Waals surface area (Å²) in [5, 5.41) is 8.27. The lowest BCUT2D eigenvalue weighted by molar-refractivity contribution is -0.147. The summed E-state index contributed by atoms with van der Waals surface area (Å²) in [4.78, 5) is 79.4. The second-order valence-electron chi connectivity index (χ2n) is 14.5. The summed E-state index contributed by atoms with van der Waals surface area (Å²) in [6, 6.07) is -4.35. The van der Waals surface area contributed by atoms with Crippen molar-refractivity contribution in [1.29, 1.82) is 0 Å². The van der Waals surface area contributed by atoms with Gasteiger partial charge in [0.15, 0.2) is 0 Å². The van der Waals surface area contributed by atoms with Crippen LogP contribution in [0.3, 0.4) is 0 Å². The number of nitrogens with two attached hydrogens (primary N) is 1. The number of carbonyl (C=O) groups is 6. The van der Waals surface area contributed by atoms with Gasteiger partial charge in [-0.3, -0.25) is 19.2 Å². The number of hydrogen-bond acceptors (Lipinski definition) is 7. The Morgan fingerprint density at radius 2 is 1.51 bits per heavy atom. The van der Waals surface area contributed by atoms with Gasteiger partial charge in [0.2, 0.25) is 17.6 Å². The number of primary amides is 1. The smallest absolute Gasteiger partial charge is 0.328 e. The van der Waals surface area contributed by atoms with Gasteiger partial charge in [-0.05, 0) is 73.5 Å². The average molecular weight is 604 g/mol. The number of ether oxygens (including phenoxy) is 1. The molecule has 12 nitrogen and oxygen atoms in total. The van der Waals surface area contributed by atoms with E-state index in [2.05, 4.69) is 16.0 Å². The molecule has 3 saturated carbocycles. The highest BCUT2D eigenvalue weighted by atomic mass is 16.5. The van der Waals surface area contributed by atoms with Crippen molar-refractivity contribution in [2.24, 2.45) is 40.7 Å². The summed E-state index contributed by atoms with van der Waals surface area (Å²) < 4.78 is 5.44. The van der Waals surface area contributed by atoms with E-state index < -0.39 is 65.1 Å². The molecule has 0 radical (unpaired) electrons. The molecule has 0 aromatic carbocycles. The highest BCUT2D eigenvalue weighted by Gasteiger charge is 2.47. The van der Waals surface area contributed by atoms with Crippen LogP contribution in [0.25, 0.3) is 0 Å². The molecule has 0 spiro atoms. The zero-order valence-electron chi connectivity index (χ0n) is 26.1. The summed E-state index contributed by atoms with van der Waals surface area (Å²) in [6.07, 6.45) is 6.26. The topological polar surface area (TPSA) is 177 Å². The minimum Gasteiger partial charge on any atom is -0.464 e. The van der Waals surface area contributed by atoms with Crippen LogP contribution in [0.4, 0.5) is 4.79 Å². The molecule has 4 fully saturated rings. The Hall–Kier alpha value is -3.18. The lowest BCUT2D eigenvalue weighted by atomic mass is 9.85. The van der Waals surface area contributed by atoms with Gasteiger partial charge >= 0.3 is 12.0 Å². The fourth-order valence-corrected chi connectivity index (χ4v) is 5.70. The molecule has 5 atom stereocenters. The molecule has 4 rings (SSSR count). The fraction of sp³-hybridized carbons (Fsp3) is 0.806. The SMILES string of the molecule is CC(C)[C@@H]1C[C@@H](C(=O)NC(CC2CC2)C(=O)C(N)=O)N(C(=O)[C@@H](NC(=O)N[C@H](C(=O)OCC2CC2)C2CC2)C(C)(C)C)C1. The zero-order valence-corrected chi connectivity index (χ0v) is 26.1. The highest BCUT2D eigenvalue weighted by molar-refractivity contribution is 6.37. The average Bonchev–Trinajstić information content (AvgIpc) is 3.79. The van der Waals surface area contributed by atoms with Crippen LogP contribution in [0.15, 0.2) is 0 Å². The van der Waals surface area contributed by atoms with Crippen LogP contribution in [0.2, 0.25) is 0 Å². The molecule has 3 aliphatic carbocycles. The predicted molar refractivity (Wildman–Crippen MR) is 157 cm³/mol. The summed E-state index contributed by atoms with van der Waals surface area (Å²) >= 11 is 0. The second-order valence-corrected chi connectivity index (χ2v) is 14.5. The summed E-state index contributed by atoms with van der Waals surface area (Å²) in [5.41, 5.74) is 4.53. The number of esters is 1. The number of ketones is 1. The van der Waals surface area contributed by atoms with Gasteiger partial charge in [-0.15, -0.1) is 0 Å². The van der Waals surface area contributed by atoms with E-state index in [0.29, 0.717) is 31.9 Å². The minimum absolute atomic E-state index is 0.00592. The molecule has 1 heterocycles. The molecule has 5 N–H and O–H groups in total. The van der Waals surface area contributed by atoms with Crippen molar-refractivity contribution in [3.8, 4) is 0 Å². The molecule has 4 aliphatic rings. The fourth-order valence-electron chi connectivity index (χ4n) is 5.70. The summed E-state index contributed by atoms with van der Waals surface area (Å²) in [6.45, 7) is 10.2. The van der Waals surface area contributed by atoms with Crippen LogP contribution in [0.5, 0.6) is 0 Å². The number of likely N-dealkylation sites (tertiary alicyclic amines) is 1. The van der Waals surface area contributed by atoms with Crippen LogP contribution in [0, 0.1) is 35.0 Å². The molecule has 0 aromatic heterocycles. The van der Waals surface area contributed by atoms with Crippen LogP contribution in [-0.4, -0.2) is 77.7 Å². The van der Waals surface area contributed by atoms with E-state index in [0.717, 1.165) is 38.5 Å². The molecule has 0 aromatic rings. The van der Waals surface area contributed by atoms with Crippen LogP contribution < -0.4 is 21.7 Å². The van der Waals surface area contributed by atoms with Gasteiger partial charge in [0, 0.05) is 6.54 Å². The van der Waals surface area contributed by atoms with E-state index in [4.69, 9.17) is 10.5 Å². The third-order valence-corrected chi connectivity index (χ3v) is 9.18. The van der Waals surface area contributed by atoms with Gasteiger partial charge < -0.3 is 31.3 Å². The first-order chi connectivity index (χ1) is 20.1. The molecule has 12 heteroatoms. The van der Waals surface area contributed by atoms with Crippen molar-refractivity contribution >= 4 is 35.5 Å². The Labute approximate surface area is 253 Å². The first-order valence-electron chi connectivity index (χ1n) is 15.8. The van der Waals surface area contributed by atoms with Crippen molar-refractivity contribution in [3.63, 3.8) is 0 Å². The summed E-state index contributed by atoms with van der Waals surface area (Å²) in [5.74, 6) is -2.49. The number of hydrogen-bond donors (Lipinski definition) is 4. The number of Topliss-reactive ketones (excluding diaryl/α,β-unsaturated/α-hetero) is 1. The molecule has 1 aliphatic heterocycles. The number of rotatable bonds is 14. The van der Waals surface area contributed by atoms with E-state index in [1.165, 1.54) is 4.90 Å². The van der Waals surface area contributed by atoms with Crippen molar-refractivity contribution in [2.75, 3.05) is 13.2 Å². The van der Waals surface area contributed by atoms with Gasteiger partial charge in [0.25, 0.3) is 5.91 Å². The highest BCUT2D eigenvalue weighted by Crippen LogP contribution is 2.36. The van der Waals surface area contributed by atoms with Crippen LogP contribution in [-0.2, 0) is 28.7 Å². The minimum atomic E-state index is -1.10.